The molecule has 7 nitrogen and oxygen atoms in total. The standard InChI is InChI=1S/C17H22N4O3/c1-20(2)13-4-3-7-21(9-13)10-16-18-17(19-24-16)12-5-6-14-15(8-12)23-11-22-14/h5-6,8,13H,3-4,7,9-11H2,1-2H3. The molecule has 1 unspecified atom stereocenters. The van der Waals surface area contributed by atoms with Gasteiger partial charge in [-0.3, -0.25) is 4.90 Å². The van der Waals surface area contributed by atoms with Crippen LogP contribution in [0.5, 0.6) is 11.5 Å². The predicted molar refractivity (Wildman–Crippen MR) is 87.8 cm³/mol. The van der Waals surface area contributed by atoms with Crippen LogP contribution in [0.4, 0.5) is 0 Å². The molecule has 0 aliphatic carbocycles. The first-order chi connectivity index (χ1) is 11.7. The van der Waals surface area contributed by atoms with Crippen LogP contribution in [0.1, 0.15) is 18.7 Å². The molecule has 24 heavy (non-hydrogen) atoms. The Morgan fingerprint density at radius 1 is 1.25 bits per heavy atom. The number of benzene rings is 1. The maximum absolute atomic E-state index is 5.45. The number of rotatable bonds is 4. The van der Waals surface area contributed by atoms with Crippen LogP contribution in [0.2, 0.25) is 0 Å². The van der Waals surface area contributed by atoms with Crippen LogP contribution in [-0.2, 0) is 6.54 Å². The van der Waals surface area contributed by atoms with Crippen LogP contribution in [0, 0.1) is 0 Å². The van der Waals surface area contributed by atoms with Crippen molar-refractivity contribution in [2.24, 2.45) is 0 Å². The molecule has 0 saturated carbocycles. The number of fused-ring (bicyclic) bond motifs is 1. The minimum absolute atomic E-state index is 0.262. The van der Waals surface area contributed by atoms with Crippen LogP contribution in [0.25, 0.3) is 11.4 Å². The molecule has 128 valence electrons. The minimum Gasteiger partial charge on any atom is -0.454 e. The van der Waals surface area contributed by atoms with Crippen molar-refractivity contribution in [3.8, 4) is 22.9 Å². The lowest BCUT2D eigenvalue weighted by Crippen LogP contribution is -2.44. The molecule has 1 fully saturated rings. The van der Waals surface area contributed by atoms with E-state index < -0.39 is 0 Å². The van der Waals surface area contributed by atoms with E-state index in [4.69, 9.17) is 14.0 Å². The van der Waals surface area contributed by atoms with Crippen molar-refractivity contribution in [1.82, 2.24) is 19.9 Å². The van der Waals surface area contributed by atoms with Gasteiger partial charge >= 0.3 is 0 Å². The van der Waals surface area contributed by atoms with Gasteiger partial charge in [0, 0.05) is 18.2 Å². The molecule has 0 spiro atoms. The van der Waals surface area contributed by atoms with Crippen molar-refractivity contribution < 1.29 is 14.0 Å². The van der Waals surface area contributed by atoms with Crippen molar-refractivity contribution in [3.05, 3.63) is 24.1 Å². The van der Waals surface area contributed by atoms with Crippen LogP contribution < -0.4 is 9.47 Å². The summed E-state index contributed by atoms with van der Waals surface area (Å²) in [6.07, 6.45) is 2.45. The van der Waals surface area contributed by atoms with Gasteiger partial charge in [0.1, 0.15) is 0 Å². The van der Waals surface area contributed by atoms with Gasteiger partial charge in [-0.2, -0.15) is 4.98 Å². The zero-order valence-electron chi connectivity index (χ0n) is 14.1. The summed E-state index contributed by atoms with van der Waals surface area (Å²) in [5.41, 5.74) is 0.874. The molecule has 7 heteroatoms. The van der Waals surface area contributed by atoms with Crippen LogP contribution in [-0.4, -0.2) is 60.0 Å². The largest absolute Gasteiger partial charge is 0.454 e. The third-order valence-electron chi connectivity index (χ3n) is 4.67. The summed E-state index contributed by atoms with van der Waals surface area (Å²) in [5.74, 6) is 2.72. The van der Waals surface area contributed by atoms with Gasteiger partial charge in [0.05, 0.1) is 6.54 Å². The van der Waals surface area contributed by atoms with Crippen LogP contribution in [0.15, 0.2) is 22.7 Å². The topological polar surface area (TPSA) is 63.9 Å². The highest BCUT2D eigenvalue weighted by Crippen LogP contribution is 2.35. The summed E-state index contributed by atoms with van der Waals surface area (Å²) in [6.45, 7) is 3.07. The highest BCUT2D eigenvalue weighted by molar-refractivity contribution is 5.61. The predicted octanol–water partition coefficient (Wildman–Crippen LogP) is 1.99. The number of piperidine rings is 1. The SMILES string of the molecule is CN(C)C1CCCN(Cc2nc(-c3ccc4c(c3)OCO4)no2)C1. The molecular formula is C17H22N4O3. The van der Waals surface area contributed by atoms with Crippen molar-refractivity contribution in [3.63, 3.8) is 0 Å². The van der Waals surface area contributed by atoms with Gasteiger partial charge in [0.2, 0.25) is 18.5 Å². The zero-order valence-corrected chi connectivity index (χ0v) is 14.1. The van der Waals surface area contributed by atoms with Gasteiger partial charge in [-0.05, 0) is 51.7 Å². The Labute approximate surface area is 141 Å². The third kappa shape index (κ3) is 3.09. The van der Waals surface area contributed by atoms with E-state index in [9.17, 15) is 0 Å². The number of ether oxygens (including phenoxy) is 2. The fourth-order valence-electron chi connectivity index (χ4n) is 3.26. The number of aromatic nitrogens is 2. The smallest absolute Gasteiger partial charge is 0.241 e. The zero-order chi connectivity index (χ0) is 16.5. The maximum Gasteiger partial charge on any atom is 0.241 e. The molecule has 0 radical (unpaired) electrons. The number of nitrogens with zero attached hydrogens (tertiary/aromatic N) is 4. The van der Waals surface area contributed by atoms with E-state index >= 15 is 0 Å². The normalized spacial score (nSPS) is 20.7. The molecule has 2 aromatic rings. The first-order valence-electron chi connectivity index (χ1n) is 8.30. The molecule has 0 amide bonds. The van der Waals surface area contributed by atoms with E-state index in [1.165, 1.54) is 12.8 Å². The van der Waals surface area contributed by atoms with E-state index in [0.29, 0.717) is 24.3 Å². The molecule has 2 aliphatic heterocycles. The molecule has 1 aromatic carbocycles. The molecular weight excluding hydrogens is 308 g/mol. The van der Waals surface area contributed by atoms with Crippen molar-refractivity contribution in [1.29, 1.82) is 0 Å². The minimum atomic E-state index is 0.262. The molecule has 1 saturated heterocycles. The van der Waals surface area contributed by atoms with Gasteiger partial charge in [-0.1, -0.05) is 5.16 Å². The van der Waals surface area contributed by atoms with Gasteiger partial charge in [0.25, 0.3) is 0 Å². The van der Waals surface area contributed by atoms with Crippen LogP contribution >= 0.6 is 0 Å². The Bertz CT molecular complexity index is 716. The van der Waals surface area contributed by atoms with Crippen LogP contribution in [0.3, 0.4) is 0 Å². The van der Waals surface area contributed by atoms with Gasteiger partial charge in [-0.25, -0.2) is 0 Å². The Kier molecular flexibility index (Phi) is 4.12. The number of likely N-dealkylation sites (N-methyl/N-ethyl adjacent to an activating group) is 1. The summed E-state index contributed by atoms with van der Waals surface area (Å²) >= 11 is 0. The highest BCUT2D eigenvalue weighted by atomic mass is 16.7. The highest BCUT2D eigenvalue weighted by Gasteiger charge is 2.23. The fraction of sp³-hybridized carbons (Fsp3) is 0.529. The van der Waals surface area contributed by atoms with E-state index in [-0.39, 0.29) is 6.79 Å². The molecule has 1 aromatic heterocycles. The van der Waals surface area contributed by atoms with Gasteiger partial charge < -0.3 is 18.9 Å². The molecule has 0 N–H and O–H groups in total. The Hall–Kier alpha value is -2.12. The lowest BCUT2D eigenvalue weighted by Gasteiger charge is -2.35. The van der Waals surface area contributed by atoms with Crippen molar-refractivity contribution in [2.45, 2.75) is 25.4 Å². The number of hydrogen-bond acceptors (Lipinski definition) is 7. The Balaban J connectivity index is 1.45. The Morgan fingerprint density at radius 2 is 2.12 bits per heavy atom. The lowest BCUT2D eigenvalue weighted by atomic mass is 10.1. The van der Waals surface area contributed by atoms with Gasteiger partial charge in [0.15, 0.2) is 11.5 Å². The first kappa shape index (κ1) is 15.4. The Morgan fingerprint density at radius 3 is 3.00 bits per heavy atom. The monoisotopic (exact) mass is 330 g/mol. The van der Waals surface area contributed by atoms with Gasteiger partial charge in [-0.15, -0.1) is 0 Å². The van der Waals surface area contributed by atoms with Crippen molar-refractivity contribution >= 4 is 0 Å². The van der Waals surface area contributed by atoms with E-state index in [1.807, 2.05) is 18.2 Å². The maximum atomic E-state index is 5.45. The molecule has 1 atom stereocenters. The van der Waals surface area contributed by atoms with Crippen molar-refractivity contribution in [2.75, 3.05) is 34.0 Å². The second-order valence-corrected chi connectivity index (χ2v) is 6.57. The summed E-state index contributed by atoms with van der Waals surface area (Å²) in [6, 6.07) is 6.28. The van der Waals surface area contributed by atoms with E-state index in [2.05, 4.69) is 34.0 Å². The van der Waals surface area contributed by atoms with E-state index in [0.717, 1.165) is 30.2 Å². The van der Waals surface area contributed by atoms with E-state index in [1.54, 1.807) is 0 Å². The third-order valence-corrected chi connectivity index (χ3v) is 4.67. The molecule has 3 heterocycles. The number of likely N-dealkylation sites (tertiary alicyclic amines) is 1. The lowest BCUT2D eigenvalue weighted by molar-refractivity contribution is 0.117. The average Bonchev–Trinajstić information content (AvgIpc) is 3.23. The average molecular weight is 330 g/mol. The summed E-state index contributed by atoms with van der Waals surface area (Å²) < 4.78 is 16.2. The molecule has 4 rings (SSSR count). The molecule has 2 aliphatic rings. The molecule has 0 bridgehead atoms. The first-order valence-corrected chi connectivity index (χ1v) is 8.30. The summed E-state index contributed by atoms with van der Waals surface area (Å²) in [5, 5.41) is 4.11. The quantitative estimate of drug-likeness (QED) is 0.849. The number of hydrogen-bond donors (Lipinski definition) is 0. The summed E-state index contributed by atoms with van der Waals surface area (Å²) in [7, 11) is 4.28. The second-order valence-electron chi connectivity index (χ2n) is 6.57. The summed E-state index contributed by atoms with van der Waals surface area (Å²) in [4.78, 5) is 9.21. The fourth-order valence-corrected chi connectivity index (χ4v) is 3.26. The second kappa shape index (κ2) is 6.41.